The zero-order valence-corrected chi connectivity index (χ0v) is 15.5. The molecular weight excluding hydrogens is 352 g/mol. The third-order valence-electron chi connectivity index (χ3n) is 4.17. The Hall–Kier alpha value is -2.41. The van der Waals surface area contributed by atoms with Crippen molar-refractivity contribution >= 4 is 23.8 Å². The van der Waals surface area contributed by atoms with Gasteiger partial charge in [0.15, 0.2) is 5.76 Å². The lowest BCUT2D eigenvalue weighted by atomic mass is 10.2. The van der Waals surface area contributed by atoms with E-state index >= 15 is 0 Å². The van der Waals surface area contributed by atoms with Gasteiger partial charge in [-0.15, -0.1) is 11.8 Å². The molecule has 138 valence electrons. The number of hydrogen-bond donors (Lipinski definition) is 0. The van der Waals surface area contributed by atoms with E-state index in [0.29, 0.717) is 44.3 Å². The second-order valence-corrected chi connectivity index (χ2v) is 6.90. The van der Waals surface area contributed by atoms with Crippen molar-refractivity contribution in [1.29, 1.82) is 0 Å². The summed E-state index contributed by atoms with van der Waals surface area (Å²) in [5, 5.41) is 0. The molecule has 0 unspecified atom stereocenters. The molecule has 0 radical (unpaired) electrons. The molecular formula is C19H22N2O4S. The molecule has 7 heteroatoms. The number of nitrogens with zero attached hydrogens (tertiary/aromatic N) is 2. The number of hydrogen-bond acceptors (Lipinski definition) is 5. The van der Waals surface area contributed by atoms with Crippen molar-refractivity contribution < 1.29 is 18.7 Å². The number of thioether (sulfide) groups is 1. The molecule has 1 fully saturated rings. The second-order valence-electron chi connectivity index (χ2n) is 5.85. The van der Waals surface area contributed by atoms with E-state index in [1.807, 2.05) is 36.4 Å². The highest BCUT2D eigenvalue weighted by Crippen LogP contribution is 2.25. The fourth-order valence-corrected chi connectivity index (χ4v) is 3.66. The SMILES string of the molecule is CCOC(=O)N1CCN(C(=O)c2occc2CSc2ccccc2)CC1. The molecule has 1 aliphatic heterocycles. The van der Waals surface area contributed by atoms with Gasteiger partial charge in [-0.1, -0.05) is 18.2 Å². The number of benzene rings is 1. The van der Waals surface area contributed by atoms with Crippen LogP contribution in [-0.4, -0.2) is 54.6 Å². The quantitative estimate of drug-likeness (QED) is 0.750. The smallest absolute Gasteiger partial charge is 0.409 e. The van der Waals surface area contributed by atoms with E-state index in [2.05, 4.69) is 0 Å². The Morgan fingerprint density at radius 1 is 1.08 bits per heavy atom. The van der Waals surface area contributed by atoms with Crippen LogP contribution in [0, 0.1) is 0 Å². The van der Waals surface area contributed by atoms with Gasteiger partial charge < -0.3 is 19.0 Å². The van der Waals surface area contributed by atoms with Gasteiger partial charge in [0.05, 0.1) is 12.9 Å². The molecule has 2 heterocycles. The first-order valence-electron chi connectivity index (χ1n) is 8.64. The van der Waals surface area contributed by atoms with Crippen LogP contribution in [0.15, 0.2) is 52.0 Å². The maximum absolute atomic E-state index is 12.8. The monoisotopic (exact) mass is 374 g/mol. The summed E-state index contributed by atoms with van der Waals surface area (Å²) in [5.41, 5.74) is 0.886. The molecule has 0 atom stereocenters. The average molecular weight is 374 g/mol. The Labute approximate surface area is 157 Å². The second kappa shape index (κ2) is 8.80. The summed E-state index contributed by atoms with van der Waals surface area (Å²) in [6.45, 7) is 4.03. The average Bonchev–Trinajstić information content (AvgIpc) is 3.15. The van der Waals surface area contributed by atoms with Gasteiger partial charge in [0, 0.05) is 42.4 Å². The maximum Gasteiger partial charge on any atom is 0.409 e. The van der Waals surface area contributed by atoms with Crippen LogP contribution >= 0.6 is 11.8 Å². The predicted octanol–water partition coefficient (Wildman–Crippen LogP) is 3.49. The minimum absolute atomic E-state index is 0.123. The van der Waals surface area contributed by atoms with Crippen molar-refractivity contribution in [3.63, 3.8) is 0 Å². The number of carbonyl (C=O) groups excluding carboxylic acids is 2. The van der Waals surface area contributed by atoms with Crippen LogP contribution in [0.2, 0.25) is 0 Å². The Balaban J connectivity index is 1.57. The third-order valence-corrected chi connectivity index (χ3v) is 5.23. The van der Waals surface area contributed by atoms with E-state index in [-0.39, 0.29) is 12.0 Å². The molecule has 0 N–H and O–H groups in total. The van der Waals surface area contributed by atoms with Gasteiger partial charge in [-0.05, 0) is 25.1 Å². The highest BCUT2D eigenvalue weighted by atomic mass is 32.2. The first kappa shape index (κ1) is 18.4. The van der Waals surface area contributed by atoms with Crippen LogP contribution < -0.4 is 0 Å². The number of piperazine rings is 1. The van der Waals surface area contributed by atoms with Crippen molar-refractivity contribution in [2.75, 3.05) is 32.8 Å². The molecule has 0 aliphatic carbocycles. The fourth-order valence-electron chi connectivity index (χ4n) is 2.77. The van der Waals surface area contributed by atoms with Crippen molar-refractivity contribution in [3.05, 3.63) is 54.0 Å². The topological polar surface area (TPSA) is 63.0 Å². The molecule has 1 aromatic carbocycles. The van der Waals surface area contributed by atoms with Crippen molar-refractivity contribution in [2.24, 2.45) is 0 Å². The normalized spacial score (nSPS) is 14.3. The molecule has 26 heavy (non-hydrogen) atoms. The van der Waals surface area contributed by atoms with Crippen LogP contribution in [0.25, 0.3) is 0 Å². The summed E-state index contributed by atoms with van der Waals surface area (Å²) < 4.78 is 10.5. The van der Waals surface area contributed by atoms with Crippen molar-refractivity contribution in [1.82, 2.24) is 9.80 Å². The largest absolute Gasteiger partial charge is 0.459 e. The van der Waals surface area contributed by atoms with E-state index < -0.39 is 0 Å². The lowest BCUT2D eigenvalue weighted by molar-refractivity contribution is 0.0545. The van der Waals surface area contributed by atoms with Gasteiger partial charge in [-0.3, -0.25) is 4.79 Å². The predicted molar refractivity (Wildman–Crippen MR) is 99.2 cm³/mol. The van der Waals surface area contributed by atoms with Gasteiger partial charge in [-0.2, -0.15) is 0 Å². The fraction of sp³-hybridized carbons (Fsp3) is 0.368. The van der Waals surface area contributed by atoms with Gasteiger partial charge in [0.25, 0.3) is 5.91 Å². The summed E-state index contributed by atoms with van der Waals surface area (Å²) in [5.74, 6) is 0.935. The van der Waals surface area contributed by atoms with Crippen LogP contribution in [0.5, 0.6) is 0 Å². The van der Waals surface area contributed by atoms with E-state index in [0.717, 1.165) is 10.5 Å². The summed E-state index contributed by atoms with van der Waals surface area (Å²) in [7, 11) is 0. The van der Waals surface area contributed by atoms with E-state index in [1.165, 1.54) is 0 Å². The molecule has 0 saturated carbocycles. The highest BCUT2D eigenvalue weighted by molar-refractivity contribution is 7.98. The number of carbonyl (C=O) groups is 2. The Morgan fingerprint density at radius 2 is 1.77 bits per heavy atom. The summed E-state index contributed by atoms with van der Waals surface area (Å²) >= 11 is 1.67. The number of rotatable bonds is 5. The van der Waals surface area contributed by atoms with E-state index in [9.17, 15) is 9.59 Å². The number of furan rings is 1. The Morgan fingerprint density at radius 3 is 2.46 bits per heavy atom. The van der Waals surface area contributed by atoms with Crippen LogP contribution in [-0.2, 0) is 10.5 Å². The van der Waals surface area contributed by atoms with E-state index in [4.69, 9.17) is 9.15 Å². The standard InChI is InChI=1S/C19H22N2O4S/c1-2-24-19(23)21-11-9-20(10-12-21)18(22)17-15(8-13-25-17)14-26-16-6-4-3-5-7-16/h3-8,13H,2,9-12,14H2,1H3. The van der Waals surface area contributed by atoms with Crippen molar-refractivity contribution in [2.45, 2.75) is 17.6 Å². The Bertz CT molecular complexity index is 739. The maximum atomic E-state index is 12.8. The van der Waals surface area contributed by atoms with Gasteiger partial charge in [-0.25, -0.2) is 4.79 Å². The molecule has 1 saturated heterocycles. The minimum atomic E-state index is -0.322. The minimum Gasteiger partial charge on any atom is -0.459 e. The highest BCUT2D eigenvalue weighted by Gasteiger charge is 2.28. The van der Waals surface area contributed by atoms with E-state index in [1.54, 1.807) is 34.7 Å². The lowest BCUT2D eigenvalue weighted by Gasteiger charge is -2.33. The molecule has 0 bridgehead atoms. The Kier molecular flexibility index (Phi) is 6.22. The van der Waals surface area contributed by atoms with Crippen LogP contribution in [0.4, 0.5) is 4.79 Å². The molecule has 6 nitrogen and oxygen atoms in total. The zero-order valence-electron chi connectivity index (χ0n) is 14.7. The molecule has 0 spiro atoms. The number of ether oxygens (including phenoxy) is 1. The van der Waals surface area contributed by atoms with Crippen LogP contribution in [0.3, 0.4) is 0 Å². The van der Waals surface area contributed by atoms with Crippen LogP contribution in [0.1, 0.15) is 23.0 Å². The van der Waals surface area contributed by atoms with Gasteiger partial charge >= 0.3 is 6.09 Å². The van der Waals surface area contributed by atoms with Gasteiger partial charge in [0.2, 0.25) is 0 Å². The van der Waals surface area contributed by atoms with Crippen molar-refractivity contribution in [3.8, 4) is 0 Å². The first-order valence-corrected chi connectivity index (χ1v) is 9.62. The third kappa shape index (κ3) is 4.40. The molecule has 2 amide bonds. The summed E-state index contributed by atoms with van der Waals surface area (Å²) in [6, 6.07) is 11.9. The molecule has 1 aromatic heterocycles. The van der Waals surface area contributed by atoms with Gasteiger partial charge in [0.1, 0.15) is 0 Å². The lowest BCUT2D eigenvalue weighted by Crippen LogP contribution is -2.50. The zero-order chi connectivity index (χ0) is 18.4. The summed E-state index contributed by atoms with van der Waals surface area (Å²) in [4.78, 5) is 29.0. The first-order chi connectivity index (χ1) is 12.7. The molecule has 3 rings (SSSR count). The molecule has 2 aromatic rings. The summed E-state index contributed by atoms with van der Waals surface area (Å²) in [6.07, 6.45) is 1.24. The number of amides is 2. The molecule has 1 aliphatic rings.